The number of rotatable bonds is 2. The molecule has 2 aromatic rings. The maximum absolute atomic E-state index is 5.62. The number of aromatic nitrogens is 3. The maximum atomic E-state index is 5.62. The van der Waals surface area contributed by atoms with Gasteiger partial charge >= 0.3 is 0 Å². The average molecular weight is 248 g/mol. The van der Waals surface area contributed by atoms with Gasteiger partial charge in [0.2, 0.25) is 0 Å². The van der Waals surface area contributed by atoms with Crippen LogP contribution >= 0.6 is 11.8 Å². The molecule has 2 aromatic heterocycles. The fourth-order valence-electron chi connectivity index (χ4n) is 2.14. The van der Waals surface area contributed by atoms with E-state index in [1.165, 1.54) is 25.0 Å². The second-order valence-corrected chi connectivity index (χ2v) is 5.68. The summed E-state index contributed by atoms with van der Waals surface area (Å²) < 4.78 is 1.85. The average Bonchev–Trinajstić information content (AvgIpc) is 2.82. The molecule has 0 radical (unpaired) electrons. The van der Waals surface area contributed by atoms with Crippen LogP contribution in [0.4, 0.5) is 0 Å². The van der Waals surface area contributed by atoms with E-state index in [1.54, 1.807) is 0 Å². The Labute approximate surface area is 105 Å². The Hall–Kier alpha value is -1.07. The summed E-state index contributed by atoms with van der Waals surface area (Å²) in [5, 5.41) is 5.05. The molecule has 4 nitrogen and oxygen atoms in total. The van der Waals surface area contributed by atoms with E-state index < -0.39 is 0 Å². The quantitative estimate of drug-likeness (QED) is 0.884. The van der Waals surface area contributed by atoms with E-state index in [0.29, 0.717) is 11.8 Å². The van der Waals surface area contributed by atoms with Gasteiger partial charge in [-0.3, -0.25) is 0 Å². The highest BCUT2D eigenvalue weighted by Crippen LogP contribution is 2.36. The molecule has 0 amide bonds. The number of hydrogen-bond acceptors (Lipinski definition) is 4. The fraction of sp³-hybridized carbons (Fsp3) is 0.500. The Morgan fingerprint density at radius 1 is 1.41 bits per heavy atom. The zero-order chi connectivity index (χ0) is 11.7. The van der Waals surface area contributed by atoms with E-state index in [0.717, 1.165) is 17.0 Å². The molecule has 90 valence electrons. The minimum Gasteiger partial charge on any atom is -0.326 e. The van der Waals surface area contributed by atoms with Crippen molar-refractivity contribution in [3.63, 3.8) is 0 Å². The third-order valence-electron chi connectivity index (χ3n) is 3.11. The molecule has 0 saturated carbocycles. The van der Waals surface area contributed by atoms with Crippen molar-refractivity contribution in [1.82, 2.24) is 14.6 Å². The Morgan fingerprint density at radius 2 is 2.35 bits per heavy atom. The third-order valence-corrected chi connectivity index (χ3v) is 4.49. The summed E-state index contributed by atoms with van der Waals surface area (Å²) in [6.45, 7) is 0.545. The molecule has 1 aliphatic heterocycles. The Kier molecular flexibility index (Phi) is 3.03. The van der Waals surface area contributed by atoms with Crippen molar-refractivity contribution >= 4 is 17.4 Å². The van der Waals surface area contributed by atoms with Gasteiger partial charge in [-0.15, -0.1) is 0 Å². The monoisotopic (exact) mass is 248 g/mol. The zero-order valence-corrected chi connectivity index (χ0v) is 10.5. The van der Waals surface area contributed by atoms with Crippen molar-refractivity contribution < 1.29 is 0 Å². The molecule has 0 aromatic carbocycles. The first kappa shape index (κ1) is 11.0. The standard InChI is InChI=1S/C12H16N4S/c13-7-9-4-5-11-14-12(15-16(11)8-9)10-3-1-2-6-17-10/h4-5,8,10H,1-3,6-7,13H2. The molecule has 5 heteroatoms. The second-order valence-electron chi connectivity index (χ2n) is 4.37. The summed E-state index contributed by atoms with van der Waals surface area (Å²) in [6.07, 6.45) is 5.79. The molecule has 1 atom stereocenters. The van der Waals surface area contributed by atoms with Crippen molar-refractivity contribution in [3.8, 4) is 0 Å². The van der Waals surface area contributed by atoms with Crippen molar-refractivity contribution in [2.75, 3.05) is 5.75 Å². The minimum atomic E-state index is 0.477. The largest absolute Gasteiger partial charge is 0.326 e. The fourth-order valence-corrected chi connectivity index (χ4v) is 3.38. The summed E-state index contributed by atoms with van der Waals surface area (Å²) in [5.41, 5.74) is 7.63. The van der Waals surface area contributed by atoms with Gasteiger partial charge in [-0.2, -0.15) is 16.9 Å². The SMILES string of the molecule is NCc1ccc2nc(C3CCCCS3)nn2c1. The van der Waals surface area contributed by atoms with Crippen LogP contribution in [0.1, 0.15) is 35.9 Å². The first-order valence-electron chi connectivity index (χ1n) is 6.04. The number of fused-ring (bicyclic) bond motifs is 1. The smallest absolute Gasteiger partial charge is 0.164 e. The highest BCUT2D eigenvalue weighted by atomic mass is 32.2. The Balaban J connectivity index is 1.95. The van der Waals surface area contributed by atoms with Crippen LogP contribution in [-0.4, -0.2) is 20.4 Å². The summed E-state index contributed by atoms with van der Waals surface area (Å²) in [7, 11) is 0. The lowest BCUT2D eigenvalue weighted by atomic mass is 10.2. The number of hydrogen-bond donors (Lipinski definition) is 1. The van der Waals surface area contributed by atoms with Crippen LogP contribution in [0.15, 0.2) is 18.3 Å². The lowest BCUT2D eigenvalue weighted by Crippen LogP contribution is -2.04. The van der Waals surface area contributed by atoms with Crippen molar-refractivity contribution in [3.05, 3.63) is 29.7 Å². The maximum Gasteiger partial charge on any atom is 0.164 e. The molecule has 0 aliphatic carbocycles. The minimum absolute atomic E-state index is 0.477. The lowest BCUT2D eigenvalue weighted by Gasteiger charge is -2.17. The van der Waals surface area contributed by atoms with Crippen LogP contribution in [0, 0.1) is 0 Å². The molecule has 1 fully saturated rings. The van der Waals surface area contributed by atoms with Crippen LogP contribution in [0.5, 0.6) is 0 Å². The molecular formula is C12H16N4S. The number of pyridine rings is 1. The molecule has 3 heterocycles. The van der Waals surface area contributed by atoms with Crippen molar-refractivity contribution in [2.24, 2.45) is 5.73 Å². The first-order valence-corrected chi connectivity index (χ1v) is 7.08. The summed E-state index contributed by atoms with van der Waals surface area (Å²) >= 11 is 1.98. The normalized spacial score (nSPS) is 20.9. The molecule has 1 unspecified atom stereocenters. The summed E-state index contributed by atoms with van der Waals surface area (Å²) in [4.78, 5) is 4.60. The van der Waals surface area contributed by atoms with Crippen LogP contribution in [0.2, 0.25) is 0 Å². The van der Waals surface area contributed by atoms with E-state index in [2.05, 4.69) is 10.1 Å². The van der Waals surface area contributed by atoms with Gasteiger partial charge in [0.1, 0.15) is 0 Å². The van der Waals surface area contributed by atoms with Gasteiger partial charge in [0.25, 0.3) is 0 Å². The predicted molar refractivity (Wildman–Crippen MR) is 69.9 cm³/mol. The molecule has 0 bridgehead atoms. The van der Waals surface area contributed by atoms with Gasteiger partial charge in [0.15, 0.2) is 11.5 Å². The van der Waals surface area contributed by atoms with Gasteiger partial charge in [-0.25, -0.2) is 9.50 Å². The number of thioether (sulfide) groups is 1. The van der Waals surface area contributed by atoms with E-state index in [1.807, 2.05) is 34.6 Å². The van der Waals surface area contributed by atoms with E-state index >= 15 is 0 Å². The van der Waals surface area contributed by atoms with E-state index in [4.69, 9.17) is 5.73 Å². The summed E-state index contributed by atoms with van der Waals surface area (Å²) in [5.74, 6) is 2.21. The lowest BCUT2D eigenvalue weighted by molar-refractivity contribution is 0.661. The summed E-state index contributed by atoms with van der Waals surface area (Å²) in [6, 6.07) is 4.01. The first-order chi connectivity index (χ1) is 8.36. The molecule has 2 N–H and O–H groups in total. The zero-order valence-electron chi connectivity index (χ0n) is 9.67. The van der Waals surface area contributed by atoms with Crippen molar-refractivity contribution in [2.45, 2.75) is 31.1 Å². The molecule has 1 aliphatic rings. The third kappa shape index (κ3) is 2.17. The van der Waals surface area contributed by atoms with Gasteiger partial charge in [-0.1, -0.05) is 12.5 Å². The predicted octanol–water partition coefficient (Wildman–Crippen LogP) is 2.15. The Bertz CT molecular complexity index is 516. The van der Waals surface area contributed by atoms with Gasteiger partial charge in [-0.05, 0) is 30.2 Å². The topological polar surface area (TPSA) is 56.2 Å². The molecule has 1 saturated heterocycles. The van der Waals surface area contributed by atoms with Crippen molar-refractivity contribution in [1.29, 1.82) is 0 Å². The molecular weight excluding hydrogens is 232 g/mol. The van der Waals surface area contributed by atoms with Crippen LogP contribution in [0.3, 0.4) is 0 Å². The highest BCUT2D eigenvalue weighted by molar-refractivity contribution is 7.99. The van der Waals surface area contributed by atoms with Crippen LogP contribution < -0.4 is 5.73 Å². The van der Waals surface area contributed by atoms with E-state index in [9.17, 15) is 0 Å². The van der Waals surface area contributed by atoms with Gasteiger partial charge in [0, 0.05) is 12.7 Å². The number of nitrogens with zero attached hydrogens (tertiary/aromatic N) is 3. The highest BCUT2D eigenvalue weighted by Gasteiger charge is 2.20. The molecule has 0 spiro atoms. The van der Waals surface area contributed by atoms with E-state index in [-0.39, 0.29) is 0 Å². The molecule has 17 heavy (non-hydrogen) atoms. The van der Waals surface area contributed by atoms with Crippen LogP contribution in [0.25, 0.3) is 5.65 Å². The van der Waals surface area contributed by atoms with Gasteiger partial charge in [0.05, 0.1) is 5.25 Å². The number of nitrogens with two attached hydrogens (primary N) is 1. The Morgan fingerprint density at radius 3 is 3.12 bits per heavy atom. The van der Waals surface area contributed by atoms with Crippen LogP contribution in [-0.2, 0) is 6.54 Å². The molecule has 3 rings (SSSR count). The van der Waals surface area contributed by atoms with Gasteiger partial charge < -0.3 is 5.73 Å². The second kappa shape index (κ2) is 4.66.